The Morgan fingerprint density at radius 3 is 2.38 bits per heavy atom. The standard InChI is InChI=1S/C27H43N3O3Si/c1-18(31)20-7-9-21(10-8-20)26-29-23-16-24(22(28)15-25(23)33-26)30-13-11-19(12-14-30)17-32-34(5,6)27(2,3)4/h15-16,19-21H,7-14,17,28H2,1-6H3/t20-,21-. The van der Waals surface area contributed by atoms with Crippen molar-refractivity contribution in [1.29, 1.82) is 0 Å². The van der Waals surface area contributed by atoms with E-state index >= 15 is 0 Å². The van der Waals surface area contributed by atoms with Crippen LogP contribution in [0.2, 0.25) is 18.1 Å². The minimum absolute atomic E-state index is 0.207. The Kier molecular flexibility index (Phi) is 7.16. The number of nitrogens with two attached hydrogens (primary N) is 1. The van der Waals surface area contributed by atoms with E-state index in [0.717, 1.165) is 86.6 Å². The molecule has 1 saturated heterocycles. The highest BCUT2D eigenvalue weighted by Gasteiger charge is 2.38. The van der Waals surface area contributed by atoms with Crippen molar-refractivity contribution in [2.45, 2.75) is 90.3 Å². The number of ketones is 1. The molecule has 1 aromatic heterocycles. The number of nitrogens with zero attached hydrogens (tertiary/aromatic N) is 2. The van der Waals surface area contributed by atoms with Crippen molar-refractivity contribution in [3.63, 3.8) is 0 Å². The molecule has 34 heavy (non-hydrogen) atoms. The monoisotopic (exact) mass is 485 g/mol. The van der Waals surface area contributed by atoms with Crippen LogP contribution in [0.4, 0.5) is 11.4 Å². The molecule has 1 aliphatic carbocycles. The lowest BCUT2D eigenvalue weighted by Gasteiger charge is -2.39. The van der Waals surface area contributed by atoms with Crippen LogP contribution in [0.5, 0.6) is 0 Å². The molecule has 7 heteroatoms. The van der Waals surface area contributed by atoms with Crippen LogP contribution >= 0.6 is 0 Å². The van der Waals surface area contributed by atoms with Crippen LogP contribution in [0.3, 0.4) is 0 Å². The van der Waals surface area contributed by atoms with Gasteiger partial charge in [-0.05, 0) is 75.6 Å². The van der Waals surface area contributed by atoms with E-state index in [2.05, 4.69) is 44.8 Å². The average molecular weight is 486 g/mol. The van der Waals surface area contributed by atoms with Crippen molar-refractivity contribution < 1.29 is 13.6 Å². The maximum absolute atomic E-state index is 11.7. The molecule has 2 heterocycles. The zero-order chi connectivity index (χ0) is 24.7. The van der Waals surface area contributed by atoms with Gasteiger partial charge in [0, 0.05) is 37.6 Å². The minimum atomic E-state index is -1.70. The fraction of sp³-hybridized carbons (Fsp3) is 0.704. The van der Waals surface area contributed by atoms with Gasteiger partial charge in [-0.3, -0.25) is 4.79 Å². The van der Waals surface area contributed by atoms with E-state index in [-0.39, 0.29) is 11.0 Å². The van der Waals surface area contributed by atoms with Crippen molar-refractivity contribution in [2.75, 3.05) is 30.3 Å². The van der Waals surface area contributed by atoms with Crippen molar-refractivity contribution in [3.8, 4) is 0 Å². The highest BCUT2D eigenvalue weighted by atomic mass is 28.4. The first-order chi connectivity index (χ1) is 15.9. The Morgan fingerprint density at radius 2 is 1.79 bits per heavy atom. The van der Waals surface area contributed by atoms with Crippen LogP contribution < -0.4 is 10.6 Å². The second-order valence-corrected chi connectivity index (χ2v) is 16.9. The maximum Gasteiger partial charge on any atom is 0.198 e. The number of nitrogen functional groups attached to an aromatic ring is 1. The number of hydrogen-bond donors (Lipinski definition) is 1. The maximum atomic E-state index is 11.7. The Labute approximate surface area is 205 Å². The number of oxazole rings is 1. The first-order valence-corrected chi connectivity index (χ1v) is 15.9. The van der Waals surface area contributed by atoms with E-state index in [9.17, 15) is 4.79 Å². The van der Waals surface area contributed by atoms with Gasteiger partial charge in [0.2, 0.25) is 0 Å². The molecule has 4 rings (SSSR count). The number of rotatable bonds is 6. The van der Waals surface area contributed by atoms with Gasteiger partial charge >= 0.3 is 0 Å². The summed E-state index contributed by atoms with van der Waals surface area (Å²) in [5.41, 5.74) is 9.94. The van der Waals surface area contributed by atoms with Gasteiger partial charge in [0.1, 0.15) is 11.3 Å². The normalized spacial score (nSPS) is 22.9. The van der Waals surface area contributed by atoms with E-state index in [1.54, 1.807) is 6.92 Å². The first kappa shape index (κ1) is 25.2. The lowest BCUT2D eigenvalue weighted by Crippen LogP contribution is -2.43. The highest BCUT2D eigenvalue weighted by molar-refractivity contribution is 6.74. The molecule has 1 aromatic carbocycles. The van der Waals surface area contributed by atoms with Crippen LogP contribution in [-0.4, -0.2) is 38.8 Å². The third-order valence-electron chi connectivity index (χ3n) is 8.65. The molecule has 0 atom stereocenters. The van der Waals surface area contributed by atoms with Gasteiger partial charge < -0.3 is 19.5 Å². The first-order valence-electron chi connectivity index (χ1n) is 13.0. The lowest BCUT2D eigenvalue weighted by molar-refractivity contribution is -0.121. The average Bonchev–Trinajstić information content (AvgIpc) is 3.19. The predicted octanol–water partition coefficient (Wildman–Crippen LogP) is 6.51. The number of carbonyl (C=O) groups excluding carboxylic acids is 1. The molecule has 0 spiro atoms. The number of piperidine rings is 1. The fourth-order valence-electron chi connectivity index (χ4n) is 5.07. The molecule has 0 amide bonds. The van der Waals surface area contributed by atoms with Gasteiger partial charge in [-0.1, -0.05) is 20.8 Å². The van der Waals surface area contributed by atoms with E-state index in [1.807, 2.05) is 6.07 Å². The Bertz CT molecular complexity index is 1010. The quantitative estimate of drug-likeness (QED) is 0.371. The third-order valence-corrected chi connectivity index (χ3v) is 13.1. The molecule has 0 radical (unpaired) electrons. The number of hydrogen-bond acceptors (Lipinski definition) is 6. The number of anilines is 2. The van der Waals surface area contributed by atoms with Crippen molar-refractivity contribution in [3.05, 3.63) is 18.0 Å². The molecule has 1 aliphatic heterocycles. The van der Waals surface area contributed by atoms with Gasteiger partial charge in [-0.15, -0.1) is 0 Å². The van der Waals surface area contributed by atoms with Crippen LogP contribution in [0.15, 0.2) is 16.5 Å². The summed E-state index contributed by atoms with van der Waals surface area (Å²) in [6, 6.07) is 4.04. The lowest BCUT2D eigenvalue weighted by atomic mass is 9.80. The summed E-state index contributed by atoms with van der Waals surface area (Å²) in [6.45, 7) is 16.1. The van der Waals surface area contributed by atoms with Gasteiger partial charge in [0.25, 0.3) is 0 Å². The number of benzene rings is 1. The summed E-state index contributed by atoms with van der Waals surface area (Å²) < 4.78 is 12.6. The van der Waals surface area contributed by atoms with Crippen molar-refractivity contribution in [2.24, 2.45) is 11.8 Å². The largest absolute Gasteiger partial charge is 0.440 e. The van der Waals surface area contributed by atoms with Crippen LogP contribution in [0.25, 0.3) is 11.1 Å². The fourth-order valence-corrected chi connectivity index (χ4v) is 6.16. The predicted molar refractivity (Wildman–Crippen MR) is 142 cm³/mol. The molecule has 188 valence electrons. The minimum Gasteiger partial charge on any atom is -0.440 e. The zero-order valence-corrected chi connectivity index (χ0v) is 22.9. The third kappa shape index (κ3) is 5.35. The van der Waals surface area contributed by atoms with Crippen molar-refractivity contribution >= 4 is 36.6 Å². The van der Waals surface area contributed by atoms with Gasteiger partial charge in [-0.2, -0.15) is 0 Å². The van der Waals surface area contributed by atoms with Crippen LogP contribution in [-0.2, 0) is 9.22 Å². The molecular formula is C27H43N3O3Si. The molecule has 0 bridgehead atoms. The summed E-state index contributed by atoms with van der Waals surface area (Å²) in [5.74, 6) is 2.22. The van der Waals surface area contributed by atoms with Crippen LogP contribution in [0.1, 0.15) is 78.0 Å². The summed E-state index contributed by atoms with van der Waals surface area (Å²) in [6.07, 6.45) is 6.03. The molecule has 2 N–H and O–H groups in total. The summed E-state index contributed by atoms with van der Waals surface area (Å²) in [5, 5.41) is 0.251. The van der Waals surface area contributed by atoms with E-state index in [0.29, 0.717) is 17.6 Å². The SMILES string of the molecule is CC(=O)[C@H]1CC[C@H](c2nc3cc(N4CCC(CO[Si](C)(C)C(C)(C)C)CC4)c(N)cc3o2)CC1. The molecule has 2 aromatic rings. The Hall–Kier alpha value is -1.86. The van der Waals surface area contributed by atoms with Gasteiger partial charge in [-0.25, -0.2) is 4.98 Å². The number of aromatic nitrogens is 1. The molecular weight excluding hydrogens is 442 g/mol. The summed E-state index contributed by atoms with van der Waals surface area (Å²) >= 11 is 0. The van der Waals surface area contributed by atoms with E-state index in [4.69, 9.17) is 19.6 Å². The summed E-state index contributed by atoms with van der Waals surface area (Å²) in [7, 11) is -1.70. The summed E-state index contributed by atoms with van der Waals surface area (Å²) in [4.78, 5) is 18.9. The number of fused-ring (bicyclic) bond motifs is 1. The number of carbonyl (C=O) groups is 1. The molecule has 2 fully saturated rings. The molecule has 2 aliphatic rings. The second-order valence-electron chi connectivity index (χ2n) is 12.1. The smallest absolute Gasteiger partial charge is 0.198 e. The van der Waals surface area contributed by atoms with E-state index < -0.39 is 8.32 Å². The zero-order valence-electron chi connectivity index (χ0n) is 21.9. The number of Topliss-reactive ketones (excluding diaryl/α,β-unsaturated/α-hetero) is 1. The topological polar surface area (TPSA) is 81.6 Å². The Balaban J connectivity index is 1.38. The molecule has 6 nitrogen and oxygen atoms in total. The second kappa shape index (κ2) is 9.65. The highest BCUT2D eigenvalue weighted by Crippen LogP contribution is 2.40. The molecule has 0 unspecified atom stereocenters. The molecule has 1 saturated carbocycles. The Morgan fingerprint density at radius 1 is 1.15 bits per heavy atom. The van der Waals surface area contributed by atoms with Crippen LogP contribution in [0, 0.1) is 11.8 Å². The van der Waals surface area contributed by atoms with Crippen molar-refractivity contribution in [1.82, 2.24) is 4.98 Å². The van der Waals surface area contributed by atoms with Gasteiger partial charge in [0.05, 0.1) is 11.4 Å². The van der Waals surface area contributed by atoms with E-state index in [1.165, 1.54) is 0 Å². The van der Waals surface area contributed by atoms with Gasteiger partial charge in [0.15, 0.2) is 19.8 Å².